The summed E-state index contributed by atoms with van der Waals surface area (Å²) in [5.74, 6) is -1.84. The van der Waals surface area contributed by atoms with Crippen molar-refractivity contribution in [1.29, 1.82) is 0 Å². The molecule has 6 aromatic rings. The molecular formula is C33H24F3N7O3. The fourth-order valence-corrected chi connectivity index (χ4v) is 4.75. The summed E-state index contributed by atoms with van der Waals surface area (Å²) in [5.41, 5.74) is 9.98. The molecule has 0 aliphatic carbocycles. The third kappa shape index (κ3) is 6.44. The quantitative estimate of drug-likeness (QED) is 0.144. The molecule has 0 fully saturated rings. The van der Waals surface area contributed by atoms with Gasteiger partial charge in [-0.15, -0.1) is 0 Å². The van der Waals surface area contributed by atoms with E-state index in [0.717, 1.165) is 11.1 Å². The van der Waals surface area contributed by atoms with E-state index in [1.54, 1.807) is 18.2 Å². The van der Waals surface area contributed by atoms with Gasteiger partial charge in [0.1, 0.15) is 11.5 Å². The number of aromatic nitrogens is 5. The number of hydrogen-bond donors (Lipinski definition) is 3. The van der Waals surface area contributed by atoms with Gasteiger partial charge < -0.3 is 10.1 Å². The Hall–Kier alpha value is -5.95. The third-order valence-electron chi connectivity index (χ3n) is 7.00. The topological polar surface area (TPSA) is 149 Å². The zero-order valence-electron chi connectivity index (χ0n) is 23.8. The molecule has 0 spiro atoms. The molecule has 0 saturated carbocycles. The van der Waals surface area contributed by atoms with Crippen LogP contribution in [-0.2, 0) is 16.1 Å². The van der Waals surface area contributed by atoms with Gasteiger partial charge in [-0.2, -0.15) is 18.3 Å². The summed E-state index contributed by atoms with van der Waals surface area (Å²) in [5, 5.41) is 10.4. The Labute approximate surface area is 259 Å². The molecule has 230 valence electrons. The minimum absolute atomic E-state index is 0.0839. The predicted molar refractivity (Wildman–Crippen MR) is 162 cm³/mol. The monoisotopic (exact) mass is 623 g/mol. The zero-order valence-corrected chi connectivity index (χ0v) is 23.8. The van der Waals surface area contributed by atoms with Gasteiger partial charge in [0.05, 0.1) is 17.8 Å². The number of esters is 1. The molecule has 0 bridgehead atoms. The lowest BCUT2D eigenvalue weighted by atomic mass is 9.96. The maximum absolute atomic E-state index is 13.4. The maximum Gasteiger partial charge on any atom is 0.490 e. The van der Waals surface area contributed by atoms with E-state index < -0.39 is 24.3 Å². The largest absolute Gasteiger partial charge is 0.490 e. The second-order valence-corrected chi connectivity index (χ2v) is 10.1. The Morgan fingerprint density at radius 1 is 0.870 bits per heavy atom. The van der Waals surface area contributed by atoms with Crippen LogP contribution in [-0.4, -0.2) is 43.2 Å². The van der Waals surface area contributed by atoms with Gasteiger partial charge in [-0.25, -0.2) is 14.8 Å². The fraction of sp³-hybridized carbons (Fsp3) is 0.0909. The first kappa shape index (κ1) is 30.1. The summed E-state index contributed by atoms with van der Waals surface area (Å²) in [6.45, 7) is 0.0839. The molecule has 4 N–H and O–H groups in total. The van der Waals surface area contributed by atoms with Crippen molar-refractivity contribution in [2.75, 3.05) is 0 Å². The smallest absolute Gasteiger partial charge is 0.436 e. The van der Waals surface area contributed by atoms with E-state index in [4.69, 9.17) is 10.7 Å². The van der Waals surface area contributed by atoms with Gasteiger partial charge >= 0.3 is 12.1 Å². The van der Waals surface area contributed by atoms with E-state index in [0.29, 0.717) is 39.4 Å². The molecule has 0 aliphatic rings. The Balaban J connectivity index is 1.30. The number of pyridine rings is 2. The first-order valence-corrected chi connectivity index (χ1v) is 13.9. The van der Waals surface area contributed by atoms with Crippen LogP contribution in [0.3, 0.4) is 0 Å². The minimum atomic E-state index is -5.16. The van der Waals surface area contributed by atoms with Crippen LogP contribution < -0.4 is 11.1 Å². The van der Waals surface area contributed by atoms with Gasteiger partial charge in [-0.1, -0.05) is 84.9 Å². The van der Waals surface area contributed by atoms with E-state index in [2.05, 4.69) is 30.2 Å². The van der Waals surface area contributed by atoms with E-state index in [1.807, 2.05) is 66.7 Å². The second kappa shape index (κ2) is 12.6. The van der Waals surface area contributed by atoms with Crippen molar-refractivity contribution in [1.82, 2.24) is 30.5 Å². The molecule has 6 rings (SSSR count). The number of nitrogens with zero attached hydrogens (tertiary/aromatic N) is 4. The van der Waals surface area contributed by atoms with Crippen LogP contribution in [0.15, 0.2) is 103 Å². The highest BCUT2D eigenvalue weighted by Gasteiger charge is 2.42. The average Bonchev–Trinajstić information content (AvgIpc) is 3.56. The van der Waals surface area contributed by atoms with Crippen LogP contribution in [0.25, 0.3) is 44.7 Å². The Morgan fingerprint density at radius 2 is 1.54 bits per heavy atom. The number of nitrogens with one attached hydrogen (secondary N) is 2. The second-order valence-electron chi connectivity index (χ2n) is 10.1. The lowest BCUT2D eigenvalue weighted by Gasteiger charge is -2.16. The standard InChI is InChI=1S/C33H24F3N7O3/c34-33(35,36)32(45)46-29(37)21-13-11-20(12-14-21)27-23(19-7-3-1-4-8-19)17-24-25(40-27)15-16-38-28(24)31(44)39-18-26-41-30(43-42-26)22-9-5-2-6-10-22/h1-17,29H,18,37H2,(H,39,44)(H,41,42,43). The highest BCUT2D eigenvalue weighted by atomic mass is 19.4. The first-order chi connectivity index (χ1) is 22.2. The molecular weight excluding hydrogens is 599 g/mol. The van der Waals surface area contributed by atoms with Gasteiger partial charge in [-0.3, -0.25) is 20.6 Å². The number of benzene rings is 3. The Kier molecular flexibility index (Phi) is 8.23. The normalized spacial score (nSPS) is 12.1. The van der Waals surface area contributed by atoms with E-state index in [9.17, 15) is 22.8 Å². The van der Waals surface area contributed by atoms with Crippen LogP contribution in [0.5, 0.6) is 0 Å². The van der Waals surface area contributed by atoms with Crippen LogP contribution in [0.2, 0.25) is 0 Å². The molecule has 1 unspecified atom stereocenters. The van der Waals surface area contributed by atoms with Crippen LogP contribution >= 0.6 is 0 Å². The third-order valence-corrected chi connectivity index (χ3v) is 7.00. The molecule has 1 amide bonds. The number of amides is 1. The lowest BCUT2D eigenvalue weighted by molar-refractivity contribution is -0.205. The van der Waals surface area contributed by atoms with Crippen LogP contribution in [0.1, 0.15) is 28.1 Å². The Bertz CT molecular complexity index is 2020. The molecule has 1 atom stereocenters. The van der Waals surface area contributed by atoms with Crippen molar-refractivity contribution in [2.24, 2.45) is 5.73 Å². The molecule has 3 aromatic heterocycles. The zero-order chi connectivity index (χ0) is 32.3. The lowest BCUT2D eigenvalue weighted by Crippen LogP contribution is -2.29. The van der Waals surface area contributed by atoms with Crippen LogP contribution in [0, 0.1) is 0 Å². The van der Waals surface area contributed by atoms with Gasteiger partial charge in [0.25, 0.3) is 5.91 Å². The van der Waals surface area contributed by atoms with Crippen LogP contribution in [0.4, 0.5) is 13.2 Å². The molecule has 3 aromatic carbocycles. The first-order valence-electron chi connectivity index (χ1n) is 13.9. The molecule has 0 saturated heterocycles. The summed E-state index contributed by atoms with van der Waals surface area (Å²) in [6.07, 6.45) is -5.30. The van der Waals surface area contributed by atoms with Crippen molar-refractivity contribution in [3.8, 4) is 33.8 Å². The van der Waals surface area contributed by atoms with Crippen molar-refractivity contribution in [3.63, 3.8) is 0 Å². The van der Waals surface area contributed by atoms with Crippen molar-refractivity contribution in [3.05, 3.63) is 120 Å². The number of H-pyrrole nitrogens is 1. The summed E-state index contributed by atoms with van der Waals surface area (Å²) < 4.78 is 42.2. The number of fused-ring (bicyclic) bond motifs is 1. The molecule has 46 heavy (non-hydrogen) atoms. The van der Waals surface area contributed by atoms with Gasteiger partial charge in [0.15, 0.2) is 12.1 Å². The SMILES string of the molecule is NC(OC(=O)C(F)(F)F)c1ccc(-c2nc3ccnc(C(=O)NCc4nc(-c5ccccc5)n[nH]4)c3cc2-c2ccccc2)cc1. The molecule has 13 heteroatoms. The highest BCUT2D eigenvalue weighted by molar-refractivity contribution is 6.06. The van der Waals surface area contributed by atoms with Crippen molar-refractivity contribution in [2.45, 2.75) is 18.9 Å². The molecule has 0 aliphatic heterocycles. The van der Waals surface area contributed by atoms with Gasteiger partial charge in [0.2, 0.25) is 0 Å². The van der Waals surface area contributed by atoms with Gasteiger partial charge in [-0.05, 0) is 17.7 Å². The number of ether oxygens (including phenoxy) is 1. The number of carbonyl (C=O) groups excluding carboxylic acids is 2. The summed E-state index contributed by atoms with van der Waals surface area (Å²) in [6, 6.07) is 28.4. The van der Waals surface area contributed by atoms with Crippen molar-refractivity contribution >= 4 is 22.8 Å². The number of carbonyl (C=O) groups is 2. The molecule has 0 radical (unpaired) electrons. The minimum Gasteiger partial charge on any atom is -0.436 e. The van der Waals surface area contributed by atoms with Crippen molar-refractivity contribution < 1.29 is 27.5 Å². The number of halogens is 3. The Morgan fingerprint density at radius 3 is 2.22 bits per heavy atom. The van der Waals surface area contributed by atoms with Gasteiger partial charge in [0, 0.05) is 33.8 Å². The predicted octanol–water partition coefficient (Wildman–Crippen LogP) is 5.74. The number of nitrogens with two attached hydrogens (primary N) is 1. The highest BCUT2D eigenvalue weighted by Crippen LogP contribution is 2.35. The number of hydrogen-bond acceptors (Lipinski definition) is 8. The number of aromatic amines is 1. The maximum atomic E-state index is 13.4. The molecule has 3 heterocycles. The average molecular weight is 624 g/mol. The fourth-order valence-electron chi connectivity index (χ4n) is 4.75. The van der Waals surface area contributed by atoms with E-state index in [1.165, 1.54) is 18.3 Å². The summed E-state index contributed by atoms with van der Waals surface area (Å²) >= 11 is 0. The summed E-state index contributed by atoms with van der Waals surface area (Å²) in [4.78, 5) is 38.3. The van der Waals surface area contributed by atoms with E-state index in [-0.39, 0.29) is 17.8 Å². The summed E-state index contributed by atoms with van der Waals surface area (Å²) in [7, 11) is 0. The van der Waals surface area contributed by atoms with E-state index >= 15 is 0 Å². The molecule has 10 nitrogen and oxygen atoms in total. The number of rotatable bonds is 8. The number of alkyl halides is 3.